The molecular weight excluding hydrogens is 256 g/mol. The molecule has 0 aromatic rings. The zero-order valence-electron chi connectivity index (χ0n) is 12.6. The van der Waals surface area contributed by atoms with Gasteiger partial charge < -0.3 is 15.3 Å². The molecule has 20 heavy (non-hydrogen) atoms. The summed E-state index contributed by atoms with van der Waals surface area (Å²) >= 11 is 0. The van der Waals surface area contributed by atoms with Crippen LogP contribution < -0.4 is 5.32 Å². The molecule has 2 aliphatic carbocycles. The first-order valence-corrected chi connectivity index (χ1v) is 7.63. The second-order valence-electron chi connectivity index (χ2n) is 6.82. The summed E-state index contributed by atoms with van der Waals surface area (Å²) in [7, 11) is 1.76. The molecule has 2 saturated carbocycles. The minimum atomic E-state index is -0.971. The van der Waals surface area contributed by atoms with Crippen LogP contribution in [0.5, 0.6) is 0 Å². The number of carbonyl (C=O) groups excluding carboxylic acids is 1. The number of fused-ring (bicyclic) bond motifs is 2. The molecule has 4 atom stereocenters. The Morgan fingerprint density at radius 3 is 2.45 bits per heavy atom. The summed E-state index contributed by atoms with van der Waals surface area (Å²) in [4.78, 5) is 24.9. The van der Waals surface area contributed by atoms with Crippen molar-refractivity contribution in [2.24, 2.45) is 23.7 Å². The Bertz CT molecular complexity index is 383. The van der Waals surface area contributed by atoms with Crippen LogP contribution in [0.2, 0.25) is 0 Å². The molecule has 2 aliphatic rings. The summed E-state index contributed by atoms with van der Waals surface area (Å²) in [6.07, 6.45) is 5.21. The molecule has 2 fully saturated rings. The molecule has 2 bridgehead atoms. The van der Waals surface area contributed by atoms with Gasteiger partial charge in [-0.2, -0.15) is 0 Å². The van der Waals surface area contributed by atoms with E-state index in [0.717, 1.165) is 18.4 Å². The third kappa shape index (κ3) is 3.25. The summed E-state index contributed by atoms with van der Waals surface area (Å²) in [6, 6.07) is -1.08. The lowest BCUT2D eigenvalue weighted by Gasteiger charge is -2.29. The number of urea groups is 1. The highest BCUT2D eigenvalue weighted by Crippen LogP contribution is 2.48. The van der Waals surface area contributed by atoms with Crippen molar-refractivity contribution in [2.45, 2.75) is 45.6 Å². The molecule has 5 nitrogen and oxygen atoms in total. The van der Waals surface area contributed by atoms with E-state index in [1.165, 1.54) is 25.7 Å². The summed E-state index contributed by atoms with van der Waals surface area (Å²) in [5, 5.41) is 11.7. The topological polar surface area (TPSA) is 69.6 Å². The Labute approximate surface area is 120 Å². The second kappa shape index (κ2) is 6.02. The number of carbonyl (C=O) groups is 2. The molecule has 2 rings (SSSR count). The van der Waals surface area contributed by atoms with Crippen molar-refractivity contribution in [3.8, 4) is 0 Å². The first-order chi connectivity index (χ1) is 9.38. The van der Waals surface area contributed by atoms with E-state index in [1.54, 1.807) is 25.8 Å². The summed E-state index contributed by atoms with van der Waals surface area (Å²) in [5.41, 5.74) is 0. The molecule has 0 aromatic heterocycles. The van der Waals surface area contributed by atoms with Crippen molar-refractivity contribution in [3.63, 3.8) is 0 Å². The maximum atomic E-state index is 12.1. The van der Waals surface area contributed by atoms with Crippen LogP contribution in [0.25, 0.3) is 0 Å². The molecule has 2 amide bonds. The zero-order valence-corrected chi connectivity index (χ0v) is 12.6. The van der Waals surface area contributed by atoms with Crippen molar-refractivity contribution >= 4 is 12.0 Å². The molecular formula is C15H26N2O3. The molecule has 0 aliphatic heterocycles. The van der Waals surface area contributed by atoms with Crippen molar-refractivity contribution in [1.82, 2.24) is 10.2 Å². The molecule has 5 heteroatoms. The fourth-order valence-corrected chi connectivity index (χ4v) is 3.79. The fourth-order valence-electron chi connectivity index (χ4n) is 3.79. The molecule has 0 heterocycles. The van der Waals surface area contributed by atoms with E-state index in [4.69, 9.17) is 5.11 Å². The summed E-state index contributed by atoms with van der Waals surface area (Å²) in [6.45, 7) is 4.35. The van der Waals surface area contributed by atoms with Gasteiger partial charge in [-0.3, -0.25) is 0 Å². The van der Waals surface area contributed by atoms with Gasteiger partial charge in [-0.25, -0.2) is 9.59 Å². The average Bonchev–Trinajstić information content (AvgIpc) is 2.96. The molecule has 114 valence electrons. The number of aliphatic carboxylic acids is 1. The summed E-state index contributed by atoms with van der Waals surface area (Å²) in [5.74, 6) is 1.15. The highest BCUT2D eigenvalue weighted by Gasteiger charge is 2.40. The van der Waals surface area contributed by atoms with Crippen LogP contribution in [0, 0.1) is 23.7 Å². The van der Waals surface area contributed by atoms with Gasteiger partial charge >= 0.3 is 12.0 Å². The minimum Gasteiger partial charge on any atom is -0.480 e. The number of amides is 2. The van der Waals surface area contributed by atoms with Gasteiger partial charge in [-0.15, -0.1) is 0 Å². The van der Waals surface area contributed by atoms with Crippen LogP contribution >= 0.6 is 0 Å². The van der Waals surface area contributed by atoms with Gasteiger partial charge in [0.05, 0.1) is 0 Å². The van der Waals surface area contributed by atoms with Crippen LogP contribution in [0.15, 0.2) is 0 Å². The van der Waals surface area contributed by atoms with Crippen LogP contribution in [0.3, 0.4) is 0 Å². The highest BCUT2D eigenvalue weighted by atomic mass is 16.4. The number of nitrogens with one attached hydrogen (secondary N) is 1. The van der Waals surface area contributed by atoms with E-state index < -0.39 is 12.0 Å². The van der Waals surface area contributed by atoms with Crippen LogP contribution in [0.1, 0.15) is 39.5 Å². The molecule has 0 saturated heterocycles. The smallest absolute Gasteiger partial charge is 0.326 e. The maximum absolute atomic E-state index is 12.1. The van der Waals surface area contributed by atoms with Gasteiger partial charge in [0, 0.05) is 13.6 Å². The van der Waals surface area contributed by atoms with Crippen LogP contribution in [-0.2, 0) is 4.79 Å². The van der Waals surface area contributed by atoms with Crippen molar-refractivity contribution in [2.75, 3.05) is 13.6 Å². The number of rotatable bonds is 5. The number of carboxylic acid groups (broad SMARTS) is 1. The average molecular weight is 282 g/mol. The third-order valence-electron chi connectivity index (χ3n) is 4.95. The standard InChI is InChI=1S/C15H26N2O3/c1-9(2)13(14(18)19)16-15(20)17(3)8-12-7-10-4-5-11(12)6-10/h9-13H,4-8H2,1-3H3,(H,16,20)(H,18,19). The number of hydrogen-bond acceptors (Lipinski definition) is 2. The molecule has 2 N–H and O–H groups in total. The fraction of sp³-hybridized carbons (Fsp3) is 0.867. The quantitative estimate of drug-likeness (QED) is 0.812. The largest absolute Gasteiger partial charge is 0.480 e. The second-order valence-corrected chi connectivity index (χ2v) is 6.82. The van der Waals surface area contributed by atoms with Crippen LogP contribution in [-0.4, -0.2) is 41.6 Å². The van der Waals surface area contributed by atoms with E-state index >= 15 is 0 Å². The van der Waals surface area contributed by atoms with Crippen molar-refractivity contribution in [3.05, 3.63) is 0 Å². The maximum Gasteiger partial charge on any atom is 0.326 e. The first kappa shape index (κ1) is 15.1. The van der Waals surface area contributed by atoms with E-state index in [9.17, 15) is 9.59 Å². The van der Waals surface area contributed by atoms with Gasteiger partial charge in [0.15, 0.2) is 0 Å². The highest BCUT2D eigenvalue weighted by molar-refractivity contribution is 5.82. The normalized spacial score (nSPS) is 29.5. The van der Waals surface area contributed by atoms with Gasteiger partial charge in [-0.1, -0.05) is 20.3 Å². The van der Waals surface area contributed by atoms with Gasteiger partial charge in [0.1, 0.15) is 6.04 Å². The van der Waals surface area contributed by atoms with Crippen molar-refractivity contribution < 1.29 is 14.7 Å². The van der Waals surface area contributed by atoms with E-state index in [0.29, 0.717) is 5.92 Å². The van der Waals surface area contributed by atoms with Gasteiger partial charge in [0.25, 0.3) is 0 Å². The van der Waals surface area contributed by atoms with E-state index in [1.807, 2.05) is 0 Å². The Balaban J connectivity index is 1.84. The minimum absolute atomic E-state index is 0.118. The number of carboxylic acids is 1. The lowest BCUT2D eigenvalue weighted by atomic mass is 9.88. The zero-order chi connectivity index (χ0) is 14.9. The SMILES string of the molecule is CC(C)C(NC(=O)N(C)CC1CC2CCC1C2)C(=O)O. The number of hydrogen-bond donors (Lipinski definition) is 2. The molecule has 0 aromatic carbocycles. The van der Waals surface area contributed by atoms with E-state index in [-0.39, 0.29) is 11.9 Å². The van der Waals surface area contributed by atoms with Crippen LogP contribution in [0.4, 0.5) is 4.79 Å². The number of nitrogens with zero attached hydrogens (tertiary/aromatic N) is 1. The Morgan fingerprint density at radius 2 is 2.00 bits per heavy atom. The van der Waals surface area contributed by atoms with Gasteiger partial charge in [0.2, 0.25) is 0 Å². The van der Waals surface area contributed by atoms with E-state index in [2.05, 4.69) is 5.32 Å². The lowest BCUT2D eigenvalue weighted by molar-refractivity contribution is -0.140. The Morgan fingerprint density at radius 1 is 1.30 bits per heavy atom. The summed E-state index contributed by atoms with van der Waals surface area (Å²) < 4.78 is 0. The third-order valence-corrected chi connectivity index (χ3v) is 4.95. The van der Waals surface area contributed by atoms with Gasteiger partial charge in [-0.05, 0) is 42.9 Å². The molecule has 0 radical (unpaired) electrons. The monoisotopic (exact) mass is 282 g/mol. The predicted molar refractivity (Wildman–Crippen MR) is 76.4 cm³/mol. The van der Waals surface area contributed by atoms with Crippen molar-refractivity contribution in [1.29, 1.82) is 0 Å². The first-order valence-electron chi connectivity index (χ1n) is 7.63. The predicted octanol–water partition coefficient (Wildman–Crippen LogP) is 2.17. The lowest BCUT2D eigenvalue weighted by Crippen LogP contribution is -2.50. The Kier molecular flexibility index (Phi) is 4.55. The molecule has 4 unspecified atom stereocenters. The Hall–Kier alpha value is -1.26. The molecule has 0 spiro atoms.